The zero-order chi connectivity index (χ0) is 11.5. The highest BCUT2D eigenvalue weighted by molar-refractivity contribution is 5.82. The van der Waals surface area contributed by atoms with Crippen molar-refractivity contribution in [1.29, 1.82) is 0 Å². The number of aliphatic hydroxyl groups is 1. The van der Waals surface area contributed by atoms with Gasteiger partial charge < -0.3 is 21.1 Å². The van der Waals surface area contributed by atoms with Gasteiger partial charge in [-0.05, 0) is 12.8 Å². The summed E-state index contributed by atoms with van der Waals surface area (Å²) >= 11 is 0. The van der Waals surface area contributed by atoms with Gasteiger partial charge in [0.2, 0.25) is 5.95 Å². The number of aryl methyl sites for hydroxylation is 1. The molecule has 0 bridgehead atoms. The summed E-state index contributed by atoms with van der Waals surface area (Å²) in [5, 5.41) is 8.71. The molecule has 0 spiro atoms. The molecule has 2 aromatic heterocycles. The maximum Gasteiger partial charge on any atom is 0.224 e. The van der Waals surface area contributed by atoms with Crippen LogP contribution in [-0.2, 0) is 6.54 Å². The van der Waals surface area contributed by atoms with Crippen LogP contribution in [0.2, 0.25) is 0 Å². The smallest absolute Gasteiger partial charge is 0.224 e. The molecule has 7 nitrogen and oxygen atoms in total. The van der Waals surface area contributed by atoms with Crippen molar-refractivity contribution < 1.29 is 5.11 Å². The second-order valence-electron chi connectivity index (χ2n) is 3.51. The van der Waals surface area contributed by atoms with E-state index in [2.05, 4.69) is 15.0 Å². The van der Waals surface area contributed by atoms with Crippen LogP contribution in [0.15, 0.2) is 6.33 Å². The molecule has 2 rings (SSSR count). The highest BCUT2D eigenvalue weighted by Crippen LogP contribution is 2.17. The largest absolute Gasteiger partial charge is 0.396 e. The van der Waals surface area contributed by atoms with E-state index < -0.39 is 0 Å². The normalized spacial score (nSPS) is 11.1. The number of unbranched alkanes of at least 4 members (excludes halogenated alkanes) is 1. The molecule has 0 aromatic carbocycles. The van der Waals surface area contributed by atoms with Gasteiger partial charge in [-0.25, -0.2) is 4.98 Å². The fourth-order valence-electron chi connectivity index (χ4n) is 1.54. The lowest BCUT2D eigenvalue weighted by atomic mass is 10.3. The van der Waals surface area contributed by atoms with Crippen molar-refractivity contribution in [2.24, 2.45) is 0 Å². The second-order valence-corrected chi connectivity index (χ2v) is 3.51. The Bertz CT molecular complexity index is 494. The van der Waals surface area contributed by atoms with E-state index in [4.69, 9.17) is 16.6 Å². The lowest BCUT2D eigenvalue weighted by Gasteiger charge is -2.03. The summed E-state index contributed by atoms with van der Waals surface area (Å²) in [4.78, 5) is 12.1. The van der Waals surface area contributed by atoms with E-state index in [1.165, 1.54) is 0 Å². The molecule has 0 radical (unpaired) electrons. The first-order chi connectivity index (χ1) is 7.72. The quantitative estimate of drug-likeness (QED) is 0.615. The molecule has 2 heterocycles. The van der Waals surface area contributed by atoms with E-state index >= 15 is 0 Å². The van der Waals surface area contributed by atoms with Crippen LogP contribution in [0.5, 0.6) is 0 Å². The predicted octanol–water partition coefficient (Wildman–Crippen LogP) is -0.237. The fourth-order valence-corrected chi connectivity index (χ4v) is 1.54. The molecule has 0 aliphatic rings. The number of nitrogens with zero attached hydrogens (tertiary/aromatic N) is 4. The van der Waals surface area contributed by atoms with Crippen LogP contribution in [-0.4, -0.2) is 31.2 Å². The van der Waals surface area contributed by atoms with Crippen molar-refractivity contribution in [1.82, 2.24) is 19.5 Å². The van der Waals surface area contributed by atoms with Crippen LogP contribution in [0.25, 0.3) is 11.2 Å². The highest BCUT2D eigenvalue weighted by atomic mass is 16.2. The van der Waals surface area contributed by atoms with Gasteiger partial charge in [0.05, 0.1) is 6.33 Å². The van der Waals surface area contributed by atoms with Crippen molar-refractivity contribution >= 4 is 22.9 Å². The first-order valence-corrected chi connectivity index (χ1v) is 5.07. The van der Waals surface area contributed by atoms with Gasteiger partial charge in [-0.15, -0.1) is 0 Å². The number of nitrogens with two attached hydrogens (primary N) is 2. The third kappa shape index (κ3) is 1.89. The summed E-state index contributed by atoms with van der Waals surface area (Å²) in [6.45, 7) is 0.916. The van der Waals surface area contributed by atoms with Gasteiger partial charge >= 0.3 is 0 Å². The number of aromatic nitrogens is 4. The number of nitrogen functional groups attached to an aromatic ring is 2. The van der Waals surface area contributed by atoms with Crippen LogP contribution < -0.4 is 11.5 Å². The van der Waals surface area contributed by atoms with Crippen molar-refractivity contribution in [3.63, 3.8) is 0 Å². The number of aliphatic hydroxyl groups excluding tert-OH is 1. The standard InChI is InChI=1S/C9H14N6O/c10-7-6-8(14-9(11)13-7)15(5-12-6)3-1-2-4-16/h5,16H,1-4H2,(H4,10,11,13,14). The molecular weight excluding hydrogens is 208 g/mol. The van der Waals surface area contributed by atoms with Crippen molar-refractivity contribution in [2.45, 2.75) is 19.4 Å². The average Bonchev–Trinajstić information content (AvgIpc) is 2.62. The summed E-state index contributed by atoms with van der Waals surface area (Å²) in [5.74, 6) is 0.442. The molecule has 7 heteroatoms. The number of anilines is 2. The third-order valence-electron chi connectivity index (χ3n) is 2.32. The topological polar surface area (TPSA) is 116 Å². The lowest BCUT2D eigenvalue weighted by molar-refractivity contribution is 0.281. The van der Waals surface area contributed by atoms with Crippen LogP contribution in [0.4, 0.5) is 11.8 Å². The molecular formula is C9H14N6O. The molecule has 0 aliphatic carbocycles. The predicted molar refractivity (Wildman–Crippen MR) is 60.5 cm³/mol. The maximum absolute atomic E-state index is 8.71. The number of hydrogen-bond donors (Lipinski definition) is 3. The molecule has 2 aromatic rings. The van der Waals surface area contributed by atoms with Gasteiger partial charge in [0, 0.05) is 13.2 Å². The summed E-state index contributed by atoms with van der Waals surface area (Å²) in [6.07, 6.45) is 3.26. The molecule has 0 atom stereocenters. The zero-order valence-electron chi connectivity index (χ0n) is 8.80. The van der Waals surface area contributed by atoms with Gasteiger partial charge in [-0.2, -0.15) is 9.97 Å². The van der Waals surface area contributed by atoms with E-state index in [1.807, 2.05) is 4.57 Å². The summed E-state index contributed by atoms with van der Waals surface area (Å²) < 4.78 is 1.86. The van der Waals surface area contributed by atoms with E-state index in [0.29, 0.717) is 17.0 Å². The van der Waals surface area contributed by atoms with Gasteiger partial charge in [-0.1, -0.05) is 0 Å². The molecule has 5 N–H and O–H groups in total. The Labute approximate surface area is 92.1 Å². The minimum Gasteiger partial charge on any atom is -0.396 e. The van der Waals surface area contributed by atoms with E-state index in [0.717, 1.165) is 19.4 Å². The summed E-state index contributed by atoms with van der Waals surface area (Å²) in [5.41, 5.74) is 12.4. The molecule has 0 unspecified atom stereocenters. The summed E-state index contributed by atoms with van der Waals surface area (Å²) in [7, 11) is 0. The van der Waals surface area contributed by atoms with Crippen molar-refractivity contribution in [2.75, 3.05) is 18.1 Å². The van der Waals surface area contributed by atoms with Crippen LogP contribution >= 0.6 is 0 Å². The first kappa shape index (κ1) is 10.6. The molecule has 16 heavy (non-hydrogen) atoms. The lowest BCUT2D eigenvalue weighted by Crippen LogP contribution is -2.04. The minimum atomic E-state index is 0.147. The summed E-state index contributed by atoms with van der Waals surface area (Å²) in [6, 6.07) is 0. The van der Waals surface area contributed by atoms with Crippen LogP contribution in [0, 0.1) is 0 Å². The zero-order valence-corrected chi connectivity index (χ0v) is 8.80. The SMILES string of the molecule is Nc1nc(N)c2ncn(CCCCO)c2n1. The Hall–Kier alpha value is -1.89. The highest BCUT2D eigenvalue weighted by Gasteiger charge is 2.09. The molecule has 0 fully saturated rings. The molecule has 0 saturated heterocycles. The Morgan fingerprint density at radius 2 is 2.06 bits per heavy atom. The molecule has 86 valence electrons. The van der Waals surface area contributed by atoms with Crippen molar-refractivity contribution in [3.05, 3.63) is 6.33 Å². The van der Waals surface area contributed by atoms with E-state index in [-0.39, 0.29) is 12.6 Å². The Balaban J connectivity index is 2.32. The van der Waals surface area contributed by atoms with Gasteiger partial charge in [0.15, 0.2) is 11.5 Å². The number of hydrogen-bond acceptors (Lipinski definition) is 6. The molecule has 0 amide bonds. The molecule has 0 saturated carbocycles. The minimum absolute atomic E-state index is 0.147. The van der Waals surface area contributed by atoms with E-state index in [1.54, 1.807) is 6.33 Å². The average molecular weight is 222 g/mol. The van der Waals surface area contributed by atoms with Crippen molar-refractivity contribution in [3.8, 4) is 0 Å². The number of rotatable bonds is 4. The van der Waals surface area contributed by atoms with Crippen LogP contribution in [0.3, 0.4) is 0 Å². The van der Waals surface area contributed by atoms with Gasteiger partial charge in [0.25, 0.3) is 0 Å². The Morgan fingerprint density at radius 3 is 2.81 bits per heavy atom. The third-order valence-corrected chi connectivity index (χ3v) is 2.32. The van der Waals surface area contributed by atoms with Gasteiger partial charge in [0.1, 0.15) is 5.52 Å². The Kier molecular flexibility index (Phi) is 2.86. The van der Waals surface area contributed by atoms with Gasteiger partial charge in [-0.3, -0.25) is 0 Å². The monoisotopic (exact) mass is 222 g/mol. The van der Waals surface area contributed by atoms with E-state index in [9.17, 15) is 0 Å². The Morgan fingerprint density at radius 1 is 1.25 bits per heavy atom. The first-order valence-electron chi connectivity index (χ1n) is 5.07. The number of imidazole rings is 1. The maximum atomic E-state index is 8.71. The second kappa shape index (κ2) is 4.31. The molecule has 0 aliphatic heterocycles. The fraction of sp³-hybridized carbons (Fsp3) is 0.444. The van der Waals surface area contributed by atoms with Crippen LogP contribution in [0.1, 0.15) is 12.8 Å². The number of fused-ring (bicyclic) bond motifs is 1.